The third-order valence-electron chi connectivity index (χ3n) is 6.02. The Bertz CT molecular complexity index is 758. The molecule has 0 saturated heterocycles. The monoisotopic (exact) mass is 423 g/mol. The number of unbranched alkanes of at least 4 members (excludes halogenated alkanes) is 1. The highest BCUT2D eigenvalue weighted by molar-refractivity contribution is 7.89. The van der Waals surface area contributed by atoms with E-state index in [0.29, 0.717) is 17.4 Å². The van der Waals surface area contributed by atoms with Crippen LogP contribution < -0.4 is 11.1 Å². The zero-order chi connectivity index (χ0) is 21.4. The van der Waals surface area contributed by atoms with Crippen LogP contribution in [0.4, 0.5) is 0 Å². The Hall–Kier alpha value is -1.44. The van der Waals surface area contributed by atoms with Crippen molar-refractivity contribution in [3.8, 4) is 0 Å². The molecule has 1 saturated carbocycles. The molecule has 0 spiro atoms. The lowest BCUT2D eigenvalue weighted by atomic mass is 9.81. The van der Waals surface area contributed by atoms with Gasteiger partial charge in [0.05, 0.1) is 4.90 Å². The zero-order valence-electron chi connectivity index (χ0n) is 18.1. The number of amides is 1. The third kappa shape index (κ3) is 6.27. The van der Waals surface area contributed by atoms with Gasteiger partial charge < -0.3 is 11.1 Å². The maximum absolute atomic E-state index is 12.7. The maximum Gasteiger partial charge on any atom is 0.243 e. The SMILES string of the molecule is CCC(N)C1CCC(N2Cc3ccccc3S2(=O)=O)CC1.CCCCNC(C)=O. The van der Waals surface area contributed by atoms with Crippen LogP contribution in [0, 0.1) is 5.92 Å². The summed E-state index contributed by atoms with van der Waals surface area (Å²) in [7, 11) is -3.29. The second-order valence-electron chi connectivity index (χ2n) is 8.14. The van der Waals surface area contributed by atoms with Crippen molar-refractivity contribution in [3.63, 3.8) is 0 Å². The van der Waals surface area contributed by atoms with Crippen LogP contribution in [0.15, 0.2) is 29.2 Å². The second-order valence-corrected chi connectivity index (χ2v) is 9.99. The van der Waals surface area contributed by atoms with Gasteiger partial charge in [0.25, 0.3) is 0 Å². The first kappa shape index (κ1) is 23.8. The van der Waals surface area contributed by atoms with Crippen LogP contribution in [-0.2, 0) is 21.4 Å². The summed E-state index contributed by atoms with van der Waals surface area (Å²) in [4.78, 5) is 10.7. The van der Waals surface area contributed by atoms with Crippen molar-refractivity contribution in [2.45, 2.75) is 89.2 Å². The molecule has 6 nitrogen and oxygen atoms in total. The Morgan fingerprint density at radius 1 is 1.21 bits per heavy atom. The Morgan fingerprint density at radius 2 is 1.86 bits per heavy atom. The van der Waals surface area contributed by atoms with Crippen LogP contribution in [0.25, 0.3) is 0 Å². The van der Waals surface area contributed by atoms with Crippen molar-refractivity contribution in [2.24, 2.45) is 11.7 Å². The topological polar surface area (TPSA) is 92.5 Å². The zero-order valence-corrected chi connectivity index (χ0v) is 18.9. The molecule has 1 heterocycles. The molecule has 0 radical (unpaired) electrons. The van der Waals surface area contributed by atoms with Gasteiger partial charge in [-0.25, -0.2) is 8.42 Å². The molecule has 0 bridgehead atoms. The number of rotatable bonds is 6. The number of nitrogens with two attached hydrogens (primary N) is 1. The van der Waals surface area contributed by atoms with Gasteiger partial charge in [0, 0.05) is 32.1 Å². The van der Waals surface area contributed by atoms with Crippen molar-refractivity contribution in [2.75, 3.05) is 6.54 Å². The van der Waals surface area contributed by atoms with Gasteiger partial charge in [0.2, 0.25) is 15.9 Å². The molecule has 1 atom stereocenters. The summed E-state index contributed by atoms with van der Waals surface area (Å²) in [6.45, 7) is 7.12. The van der Waals surface area contributed by atoms with Crippen molar-refractivity contribution in [3.05, 3.63) is 29.8 Å². The molecule has 2 aliphatic rings. The molecule has 3 rings (SSSR count). The molecule has 29 heavy (non-hydrogen) atoms. The summed E-state index contributed by atoms with van der Waals surface area (Å²) >= 11 is 0. The van der Waals surface area contributed by atoms with E-state index in [9.17, 15) is 13.2 Å². The number of carbonyl (C=O) groups excluding carboxylic acids is 1. The van der Waals surface area contributed by atoms with E-state index in [-0.39, 0.29) is 18.0 Å². The number of benzene rings is 1. The smallest absolute Gasteiger partial charge is 0.243 e. The lowest BCUT2D eigenvalue weighted by molar-refractivity contribution is -0.118. The van der Waals surface area contributed by atoms with E-state index in [1.807, 2.05) is 12.1 Å². The van der Waals surface area contributed by atoms with Gasteiger partial charge in [-0.15, -0.1) is 0 Å². The summed E-state index contributed by atoms with van der Waals surface area (Å²) in [6, 6.07) is 7.77. The fraction of sp³-hybridized carbons (Fsp3) is 0.682. The molecule has 0 aromatic heterocycles. The van der Waals surface area contributed by atoms with E-state index in [1.54, 1.807) is 16.4 Å². The molecule has 3 N–H and O–H groups in total. The molecule has 164 valence electrons. The molecule has 1 aliphatic carbocycles. The second kappa shape index (κ2) is 11.1. The maximum atomic E-state index is 12.7. The number of nitrogens with zero attached hydrogens (tertiary/aromatic N) is 1. The Labute approximate surface area is 176 Å². The molecule has 1 aromatic carbocycles. The number of hydrogen-bond acceptors (Lipinski definition) is 4. The fourth-order valence-electron chi connectivity index (χ4n) is 4.18. The number of nitrogens with one attached hydrogen (secondary N) is 1. The third-order valence-corrected chi connectivity index (χ3v) is 8.01. The van der Waals surface area contributed by atoms with Gasteiger partial charge in [-0.1, -0.05) is 38.5 Å². The molecular weight excluding hydrogens is 386 g/mol. The predicted octanol–water partition coefficient (Wildman–Crippen LogP) is 3.41. The Balaban J connectivity index is 0.000000321. The molecular formula is C22H37N3O3S. The van der Waals surface area contributed by atoms with Gasteiger partial charge in [0.1, 0.15) is 0 Å². The highest BCUT2D eigenvalue weighted by atomic mass is 32.2. The van der Waals surface area contributed by atoms with Crippen LogP contribution in [0.1, 0.15) is 71.3 Å². The number of carbonyl (C=O) groups is 1. The molecule has 1 unspecified atom stereocenters. The largest absolute Gasteiger partial charge is 0.356 e. The summed E-state index contributed by atoms with van der Waals surface area (Å²) in [5.41, 5.74) is 7.07. The summed E-state index contributed by atoms with van der Waals surface area (Å²) in [6.07, 6.45) is 7.18. The summed E-state index contributed by atoms with van der Waals surface area (Å²) < 4.78 is 27.0. The van der Waals surface area contributed by atoms with Crippen LogP contribution in [0.5, 0.6) is 0 Å². The lowest BCUT2D eigenvalue weighted by Crippen LogP contribution is -2.41. The van der Waals surface area contributed by atoms with E-state index in [4.69, 9.17) is 5.73 Å². The first-order valence-corrected chi connectivity index (χ1v) is 12.3. The molecule has 1 aliphatic heterocycles. The minimum atomic E-state index is -3.29. The fourth-order valence-corrected chi connectivity index (χ4v) is 6.06. The van der Waals surface area contributed by atoms with Gasteiger partial charge in [0.15, 0.2) is 0 Å². The van der Waals surface area contributed by atoms with E-state index in [0.717, 1.165) is 57.1 Å². The van der Waals surface area contributed by atoms with Gasteiger partial charge >= 0.3 is 0 Å². The lowest BCUT2D eigenvalue weighted by Gasteiger charge is -2.35. The summed E-state index contributed by atoms with van der Waals surface area (Å²) in [5, 5.41) is 2.71. The molecule has 7 heteroatoms. The van der Waals surface area contributed by atoms with Gasteiger partial charge in [-0.05, 0) is 56.1 Å². The average Bonchev–Trinajstić information content (AvgIpc) is 2.99. The summed E-state index contributed by atoms with van der Waals surface area (Å²) in [5.74, 6) is 0.623. The molecule has 1 aromatic rings. The minimum absolute atomic E-state index is 0.0680. The normalized spacial score (nSPS) is 24.1. The van der Waals surface area contributed by atoms with Crippen LogP contribution >= 0.6 is 0 Å². The number of sulfonamides is 1. The van der Waals surface area contributed by atoms with Gasteiger partial charge in [-0.3, -0.25) is 4.79 Å². The Kier molecular flexibility index (Phi) is 9.11. The van der Waals surface area contributed by atoms with Crippen molar-refractivity contribution in [1.29, 1.82) is 0 Å². The average molecular weight is 424 g/mol. The highest BCUT2D eigenvalue weighted by Gasteiger charge is 2.40. The van der Waals surface area contributed by atoms with E-state index >= 15 is 0 Å². The van der Waals surface area contributed by atoms with E-state index in [2.05, 4.69) is 19.2 Å². The van der Waals surface area contributed by atoms with E-state index < -0.39 is 10.0 Å². The van der Waals surface area contributed by atoms with E-state index in [1.165, 1.54) is 6.92 Å². The highest BCUT2D eigenvalue weighted by Crippen LogP contribution is 2.37. The van der Waals surface area contributed by atoms with Crippen molar-refractivity contribution >= 4 is 15.9 Å². The van der Waals surface area contributed by atoms with Crippen molar-refractivity contribution < 1.29 is 13.2 Å². The Morgan fingerprint density at radius 3 is 2.41 bits per heavy atom. The van der Waals surface area contributed by atoms with Crippen LogP contribution in [0.3, 0.4) is 0 Å². The van der Waals surface area contributed by atoms with Crippen molar-refractivity contribution in [1.82, 2.24) is 9.62 Å². The first-order valence-electron chi connectivity index (χ1n) is 10.9. The quantitative estimate of drug-likeness (QED) is 0.686. The van der Waals surface area contributed by atoms with Gasteiger partial charge in [-0.2, -0.15) is 4.31 Å². The standard InChI is InChI=1S/C16H24N2O2S.C6H13NO/c1-2-15(17)12-7-9-14(10-8-12)18-11-13-5-3-4-6-16(13)21(18,19)20;1-3-4-5-7-6(2)8/h3-6,12,14-15H,2,7-11,17H2,1H3;3-5H2,1-2H3,(H,7,8). The molecule has 1 fully saturated rings. The minimum Gasteiger partial charge on any atom is -0.356 e. The van der Waals surface area contributed by atoms with Crippen LogP contribution in [0.2, 0.25) is 0 Å². The predicted molar refractivity (Wildman–Crippen MR) is 117 cm³/mol. The number of fused-ring (bicyclic) bond motifs is 1. The van der Waals surface area contributed by atoms with Crippen LogP contribution in [-0.4, -0.2) is 37.3 Å². The molecule has 1 amide bonds. The number of hydrogen-bond donors (Lipinski definition) is 2. The first-order chi connectivity index (χ1) is 13.8.